The third-order valence-corrected chi connectivity index (χ3v) is 7.32. The average molecular weight is 467 g/mol. The Kier molecular flexibility index (Phi) is 5.64. The van der Waals surface area contributed by atoms with Crippen LogP contribution in [0, 0.1) is 0 Å². The molecule has 1 saturated heterocycles. The van der Waals surface area contributed by atoms with Gasteiger partial charge in [0.1, 0.15) is 11.6 Å². The number of benzene rings is 2. The Labute approximate surface area is 205 Å². The Hall–Kier alpha value is -3.80. The third kappa shape index (κ3) is 4.25. The molecule has 1 N–H and O–H groups in total. The molecule has 1 aliphatic heterocycles. The maximum Gasteiger partial charge on any atom is 0.317 e. The van der Waals surface area contributed by atoms with Gasteiger partial charge in [-0.2, -0.15) is 0 Å². The van der Waals surface area contributed by atoms with Gasteiger partial charge < -0.3 is 19.4 Å². The number of pyridine rings is 1. The first-order valence-electron chi connectivity index (χ1n) is 12.4. The number of rotatable bonds is 5. The van der Waals surface area contributed by atoms with Crippen LogP contribution in [-0.4, -0.2) is 46.6 Å². The summed E-state index contributed by atoms with van der Waals surface area (Å²) in [5.74, 6) is 2.45. The zero-order valence-corrected chi connectivity index (χ0v) is 19.9. The van der Waals surface area contributed by atoms with E-state index in [0.29, 0.717) is 12.5 Å². The van der Waals surface area contributed by atoms with E-state index in [1.165, 1.54) is 5.56 Å². The second-order valence-electron chi connectivity index (χ2n) is 9.60. The van der Waals surface area contributed by atoms with Crippen LogP contribution >= 0.6 is 0 Å². The number of methoxy groups -OCH3 is 1. The van der Waals surface area contributed by atoms with Gasteiger partial charge >= 0.3 is 6.03 Å². The van der Waals surface area contributed by atoms with Crippen LogP contribution in [0.1, 0.15) is 42.5 Å². The van der Waals surface area contributed by atoms with E-state index in [1.807, 2.05) is 41.3 Å². The molecule has 6 heteroatoms. The van der Waals surface area contributed by atoms with Gasteiger partial charge in [0.15, 0.2) is 0 Å². The summed E-state index contributed by atoms with van der Waals surface area (Å²) >= 11 is 0. The van der Waals surface area contributed by atoms with Crippen molar-refractivity contribution in [3.05, 3.63) is 90.4 Å². The number of fused-ring (bicyclic) bond motifs is 1. The third-order valence-electron chi connectivity index (χ3n) is 7.32. The maximum absolute atomic E-state index is 13.1. The van der Waals surface area contributed by atoms with Crippen LogP contribution in [0.15, 0.2) is 79.0 Å². The lowest BCUT2D eigenvalue weighted by molar-refractivity contribution is 0.177. The van der Waals surface area contributed by atoms with Gasteiger partial charge in [0.2, 0.25) is 0 Å². The van der Waals surface area contributed by atoms with Gasteiger partial charge in [0, 0.05) is 42.7 Å². The number of piperidine rings is 1. The molecule has 1 saturated carbocycles. The number of likely N-dealkylation sites (tertiary alicyclic amines) is 1. The number of hydrogen-bond donors (Lipinski definition) is 1. The lowest BCUT2D eigenvalue weighted by atomic mass is 9.97. The molecule has 2 aliphatic rings. The number of nitrogens with one attached hydrogen (secondary N) is 1. The van der Waals surface area contributed by atoms with E-state index in [1.54, 1.807) is 7.11 Å². The molecule has 0 spiro atoms. The Morgan fingerprint density at radius 3 is 2.77 bits per heavy atom. The fraction of sp³-hybridized carbons (Fsp3) is 0.310. The number of carbonyl (C=O) groups excluding carboxylic acids is 1. The van der Waals surface area contributed by atoms with E-state index in [4.69, 9.17) is 9.72 Å². The van der Waals surface area contributed by atoms with Gasteiger partial charge in [-0.25, -0.2) is 9.78 Å². The van der Waals surface area contributed by atoms with E-state index >= 15 is 0 Å². The van der Waals surface area contributed by atoms with Crippen molar-refractivity contribution >= 4 is 11.5 Å². The highest BCUT2D eigenvalue weighted by Crippen LogP contribution is 2.41. The molecular weight excluding hydrogens is 436 g/mol. The largest absolute Gasteiger partial charge is 0.497 e. The zero-order valence-electron chi connectivity index (χ0n) is 19.9. The van der Waals surface area contributed by atoms with Crippen molar-refractivity contribution in [3.63, 3.8) is 0 Å². The minimum Gasteiger partial charge on any atom is -0.497 e. The molecule has 0 radical (unpaired) electrons. The van der Waals surface area contributed by atoms with Gasteiger partial charge in [-0.15, -0.1) is 0 Å². The molecule has 1 unspecified atom stereocenters. The molecule has 2 amide bonds. The predicted octanol–water partition coefficient (Wildman–Crippen LogP) is 5.46. The number of nitrogens with zero attached hydrogens (tertiary/aromatic N) is 3. The second-order valence-corrected chi connectivity index (χ2v) is 9.60. The van der Waals surface area contributed by atoms with Crippen LogP contribution in [0.4, 0.5) is 4.79 Å². The Balaban J connectivity index is 1.21. The van der Waals surface area contributed by atoms with Crippen LogP contribution < -0.4 is 10.1 Å². The molecule has 4 aromatic rings. The number of ether oxygens (including phenoxy) is 1. The lowest BCUT2D eigenvalue weighted by Crippen LogP contribution is -2.46. The van der Waals surface area contributed by atoms with Crippen molar-refractivity contribution in [1.82, 2.24) is 19.6 Å². The molecule has 2 aromatic carbocycles. The molecule has 178 valence electrons. The summed E-state index contributed by atoms with van der Waals surface area (Å²) in [6, 6.07) is 25.0. The van der Waals surface area contributed by atoms with Crippen LogP contribution in [0.5, 0.6) is 5.75 Å². The van der Waals surface area contributed by atoms with Gasteiger partial charge in [-0.1, -0.05) is 48.5 Å². The number of urea groups is 1. The van der Waals surface area contributed by atoms with Crippen molar-refractivity contribution in [2.45, 2.75) is 37.1 Å². The molecule has 2 fully saturated rings. The molecule has 2 aromatic heterocycles. The van der Waals surface area contributed by atoms with E-state index in [2.05, 4.69) is 52.3 Å². The molecule has 0 bridgehead atoms. The highest BCUT2D eigenvalue weighted by Gasteiger charge is 2.40. The van der Waals surface area contributed by atoms with Crippen LogP contribution in [0.2, 0.25) is 0 Å². The second kappa shape index (κ2) is 9.10. The summed E-state index contributed by atoms with van der Waals surface area (Å²) in [5.41, 5.74) is 4.36. The lowest BCUT2D eigenvalue weighted by Gasteiger charge is -2.32. The minimum atomic E-state index is 0.0482. The topological polar surface area (TPSA) is 58.9 Å². The Morgan fingerprint density at radius 2 is 1.91 bits per heavy atom. The van der Waals surface area contributed by atoms with Crippen molar-refractivity contribution in [2.75, 3.05) is 20.2 Å². The van der Waals surface area contributed by atoms with Gasteiger partial charge in [-0.05, 0) is 49.1 Å². The number of aromatic nitrogens is 2. The minimum absolute atomic E-state index is 0.0482. The maximum atomic E-state index is 13.1. The van der Waals surface area contributed by atoms with E-state index in [-0.39, 0.29) is 18.0 Å². The molecule has 6 nitrogen and oxygen atoms in total. The predicted molar refractivity (Wildman–Crippen MR) is 137 cm³/mol. The summed E-state index contributed by atoms with van der Waals surface area (Å²) in [5, 5.41) is 3.27. The summed E-state index contributed by atoms with van der Waals surface area (Å²) in [7, 11) is 1.68. The summed E-state index contributed by atoms with van der Waals surface area (Å²) in [4.78, 5) is 20.2. The van der Waals surface area contributed by atoms with Crippen LogP contribution in [0.3, 0.4) is 0 Å². The summed E-state index contributed by atoms with van der Waals surface area (Å²) in [6.07, 6.45) is 5.09. The van der Waals surface area contributed by atoms with Crippen molar-refractivity contribution in [1.29, 1.82) is 0 Å². The van der Waals surface area contributed by atoms with Gasteiger partial charge in [0.05, 0.1) is 18.3 Å². The van der Waals surface area contributed by atoms with E-state index in [0.717, 1.165) is 54.2 Å². The van der Waals surface area contributed by atoms with E-state index < -0.39 is 0 Å². The molecule has 1 aliphatic carbocycles. The quantitative estimate of drug-likeness (QED) is 0.425. The summed E-state index contributed by atoms with van der Waals surface area (Å²) in [6.45, 7) is 1.47. The fourth-order valence-corrected chi connectivity index (χ4v) is 5.38. The Bertz CT molecular complexity index is 1350. The van der Waals surface area contributed by atoms with Crippen molar-refractivity contribution in [3.8, 4) is 17.0 Å². The first-order chi connectivity index (χ1) is 17.2. The normalized spacial score (nSPS) is 21.6. The number of imidazole rings is 1. The number of amides is 2. The Morgan fingerprint density at radius 1 is 1.06 bits per heavy atom. The number of hydrogen-bond acceptors (Lipinski definition) is 3. The molecular formula is C29H30N4O2. The fourth-order valence-electron chi connectivity index (χ4n) is 5.38. The smallest absolute Gasteiger partial charge is 0.317 e. The molecule has 3 atom stereocenters. The standard InChI is InChI=1S/C29H30N4O2/c1-35-23-13-7-11-21(17-23)27-26-14-5-6-16-33(26)28(31-27)22-12-8-15-32(19-22)29(34)30-25-18-24(25)20-9-3-2-4-10-20/h2-7,9-11,13-14,16-17,22,24-25H,8,12,15,18-19H2,1H3,(H,30,34)/t22?,24-,25+/m0/s1. The zero-order chi connectivity index (χ0) is 23.8. The monoisotopic (exact) mass is 466 g/mol. The van der Waals surface area contributed by atoms with Gasteiger partial charge in [-0.3, -0.25) is 0 Å². The summed E-state index contributed by atoms with van der Waals surface area (Å²) < 4.78 is 7.63. The molecule has 3 heterocycles. The van der Waals surface area contributed by atoms with E-state index in [9.17, 15) is 4.79 Å². The molecule has 35 heavy (non-hydrogen) atoms. The first-order valence-corrected chi connectivity index (χ1v) is 12.4. The first kappa shape index (κ1) is 21.7. The highest BCUT2D eigenvalue weighted by atomic mass is 16.5. The molecule has 6 rings (SSSR count). The van der Waals surface area contributed by atoms with Crippen LogP contribution in [0.25, 0.3) is 16.8 Å². The van der Waals surface area contributed by atoms with Crippen LogP contribution in [-0.2, 0) is 0 Å². The van der Waals surface area contributed by atoms with Crippen molar-refractivity contribution < 1.29 is 9.53 Å². The average Bonchev–Trinajstić information content (AvgIpc) is 3.58. The highest BCUT2D eigenvalue weighted by molar-refractivity contribution is 5.79. The van der Waals surface area contributed by atoms with Crippen molar-refractivity contribution in [2.24, 2.45) is 0 Å². The van der Waals surface area contributed by atoms with Gasteiger partial charge in [0.25, 0.3) is 0 Å². The number of carbonyl (C=O) groups is 1. The SMILES string of the molecule is COc1cccc(-c2nc(C3CCCN(C(=O)N[C@@H]4C[C@H]4c4ccccc4)C3)n3ccccc23)c1.